The highest BCUT2D eigenvalue weighted by Crippen LogP contribution is 2.36. The Labute approximate surface area is 204 Å². The molecule has 6 nitrogen and oxygen atoms in total. The summed E-state index contributed by atoms with van der Waals surface area (Å²) in [6, 6.07) is 12.7. The molecule has 1 unspecified atom stereocenters. The number of ether oxygens (including phenoxy) is 2. The van der Waals surface area contributed by atoms with E-state index < -0.39 is 18.8 Å². The molecule has 2 aromatic carbocycles. The maximum atomic E-state index is 12.4. The SMILES string of the molecule is CCC(CC(=O)O)c1ccc(N(CC)C2CCOCC2)c(Nc2ccc(OCC(F)(F)F)cc2)c1. The van der Waals surface area contributed by atoms with Gasteiger partial charge in [-0.05, 0) is 74.1 Å². The van der Waals surface area contributed by atoms with Crippen LogP contribution in [-0.2, 0) is 9.53 Å². The second-order valence-corrected chi connectivity index (χ2v) is 8.66. The number of carboxylic acid groups (broad SMARTS) is 1. The van der Waals surface area contributed by atoms with Crippen molar-refractivity contribution in [3.05, 3.63) is 48.0 Å². The first-order valence-electron chi connectivity index (χ1n) is 12.0. The summed E-state index contributed by atoms with van der Waals surface area (Å²) in [5.41, 5.74) is 3.43. The molecule has 0 aromatic heterocycles. The van der Waals surface area contributed by atoms with Crippen molar-refractivity contribution in [2.24, 2.45) is 0 Å². The summed E-state index contributed by atoms with van der Waals surface area (Å²) in [6.07, 6.45) is -1.84. The quantitative estimate of drug-likeness (QED) is 0.380. The summed E-state index contributed by atoms with van der Waals surface area (Å²) in [7, 11) is 0. The number of anilines is 3. The molecule has 0 spiro atoms. The molecule has 9 heteroatoms. The molecule has 192 valence electrons. The molecule has 0 amide bonds. The van der Waals surface area contributed by atoms with Crippen molar-refractivity contribution in [3.8, 4) is 5.75 Å². The molecule has 35 heavy (non-hydrogen) atoms. The van der Waals surface area contributed by atoms with Crippen LogP contribution in [0.4, 0.5) is 30.2 Å². The lowest BCUT2D eigenvalue weighted by Gasteiger charge is -2.37. The molecule has 2 aromatic rings. The Balaban J connectivity index is 1.90. The Hall–Kier alpha value is -2.94. The Morgan fingerprint density at radius 3 is 2.43 bits per heavy atom. The Morgan fingerprint density at radius 2 is 1.86 bits per heavy atom. The summed E-state index contributed by atoms with van der Waals surface area (Å²) in [4.78, 5) is 13.7. The van der Waals surface area contributed by atoms with E-state index in [2.05, 4.69) is 17.1 Å². The van der Waals surface area contributed by atoms with E-state index in [1.165, 1.54) is 12.1 Å². The highest BCUT2D eigenvalue weighted by atomic mass is 19.4. The van der Waals surface area contributed by atoms with Crippen LogP contribution < -0.4 is 15.0 Å². The number of nitrogens with one attached hydrogen (secondary N) is 1. The Bertz CT molecular complexity index is 960. The zero-order valence-electron chi connectivity index (χ0n) is 20.1. The van der Waals surface area contributed by atoms with Crippen LogP contribution in [0.3, 0.4) is 0 Å². The predicted molar refractivity (Wildman–Crippen MR) is 130 cm³/mol. The Morgan fingerprint density at radius 1 is 1.17 bits per heavy atom. The van der Waals surface area contributed by atoms with Crippen molar-refractivity contribution < 1.29 is 32.5 Å². The number of hydrogen-bond donors (Lipinski definition) is 2. The lowest BCUT2D eigenvalue weighted by Crippen LogP contribution is -2.39. The maximum absolute atomic E-state index is 12.4. The smallest absolute Gasteiger partial charge is 0.422 e. The van der Waals surface area contributed by atoms with E-state index in [-0.39, 0.29) is 18.1 Å². The van der Waals surface area contributed by atoms with Crippen LogP contribution in [0.15, 0.2) is 42.5 Å². The number of carboxylic acids is 1. The molecular formula is C26H33F3N2O4. The highest BCUT2D eigenvalue weighted by molar-refractivity contribution is 5.77. The molecule has 1 heterocycles. The number of aliphatic carboxylic acids is 1. The largest absolute Gasteiger partial charge is 0.484 e. The van der Waals surface area contributed by atoms with Gasteiger partial charge in [-0.3, -0.25) is 4.79 Å². The highest BCUT2D eigenvalue weighted by Gasteiger charge is 2.28. The van der Waals surface area contributed by atoms with E-state index in [0.717, 1.165) is 36.3 Å². The molecule has 2 N–H and O–H groups in total. The summed E-state index contributed by atoms with van der Waals surface area (Å²) >= 11 is 0. The van der Waals surface area contributed by atoms with Crippen LogP contribution in [0.2, 0.25) is 0 Å². The van der Waals surface area contributed by atoms with Crippen LogP contribution in [0.1, 0.15) is 51.0 Å². The van der Waals surface area contributed by atoms with E-state index >= 15 is 0 Å². The first-order chi connectivity index (χ1) is 16.7. The second kappa shape index (κ2) is 12.2. The van der Waals surface area contributed by atoms with Crippen molar-refractivity contribution in [2.75, 3.05) is 36.6 Å². The zero-order valence-corrected chi connectivity index (χ0v) is 20.1. The van der Waals surface area contributed by atoms with Crippen molar-refractivity contribution in [3.63, 3.8) is 0 Å². The molecule has 3 rings (SSSR count). The van der Waals surface area contributed by atoms with Gasteiger partial charge in [-0.25, -0.2) is 0 Å². The minimum atomic E-state index is -4.40. The third-order valence-electron chi connectivity index (χ3n) is 6.22. The molecule has 1 atom stereocenters. The van der Waals surface area contributed by atoms with E-state index in [0.29, 0.717) is 31.4 Å². The average molecular weight is 495 g/mol. The summed E-state index contributed by atoms with van der Waals surface area (Å²) in [5, 5.41) is 12.7. The van der Waals surface area contributed by atoms with Gasteiger partial charge in [-0.2, -0.15) is 13.2 Å². The molecule has 1 saturated heterocycles. The summed E-state index contributed by atoms with van der Waals surface area (Å²) in [5.74, 6) is -0.840. The normalized spacial score (nSPS) is 15.5. The molecule has 1 aliphatic heterocycles. The zero-order chi connectivity index (χ0) is 25.4. The number of alkyl halides is 3. The molecule has 0 bridgehead atoms. The monoisotopic (exact) mass is 494 g/mol. The number of carbonyl (C=O) groups is 1. The fourth-order valence-electron chi connectivity index (χ4n) is 4.44. The molecule has 0 aliphatic carbocycles. The number of benzene rings is 2. The van der Waals surface area contributed by atoms with Crippen molar-refractivity contribution >= 4 is 23.0 Å². The van der Waals surface area contributed by atoms with Crippen LogP contribution in [0, 0.1) is 0 Å². The van der Waals surface area contributed by atoms with Crippen LogP contribution >= 0.6 is 0 Å². The van der Waals surface area contributed by atoms with Gasteiger partial charge in [0.1, 0.15) is 5.75 Å². The van der Waals surface area contributed by atoms with E-state index in [1.807, 2.05) is 25.1 Å². The lowest BCUT2D eigenvalue weighted by molar-refractivity contribution is -0.153. The van der Waals surface area contributed by atoms with Crippen molar-refractivity contribution in [1.29, 1.82) is 0 Å². The van der Waals surface area contributed by atoms with Gasteiger partial charge in [-0.1, -0.05) is 13.0 Å². The van der Waals surface area contributed by atoms with Gasteiger partial charge in [0.25, 0.3) is 0 Å². The molecule has 0 radical (unpaired) electrons. The van der Waals surface area contributed by atoms with Crippen molar-refractivity contribution in [2.45, 2.75) is 57.7 Å². The van der Waals surface area contributed by atoms with Gasteiger partial charge < -0.3 is 24.8 Å². The first-order valence-corrected chi connectivity index (χ1v) is 12.0. The van der Waals surface area contributed by atoms with Gasteiger partial charge in [-0.15, -0.1) is 0 Å². The maximum Gasteiger partial charge on any atom is 0.422 e. The fourth-order valence-corrected chi connectivity index (χ4v) is 4.44. The van der Waals surface area contributed by atoms with Crippen molar-refractivity contribution in [1.82, 2.24) is 0 Å². The fraction of sp³-hybridized carbons (Fsp3) is 0.500. The number of halogens is 3. The standard InChI is InChI=1S/C26H33F3N2O4/c1-3-18(16-25(32)33)19-5-10-24(31(4-2)21-11-13-34-14-12-21)23(15-19)30-20-6-8-22(9-7-20)35-17-26(27,28)29/h5-10,15,18,21,30H,3-4,11-14,16-17H2,1-2H3,(H,32,33). The van der Waals surface area contributed by atoms with Gasteiger partial charge in [0, 0.05) is 31.5 Å². The summed E-state index contributed by atoms with van der Waals surface area (Å²) < 4.78 is 47.7. The van der Waals surface area contributed by atoms with E-state index in [4.69, 9.17) is 9.47 Å². The number of hydrogen-bond acceptors (Lipinski definition) is 5. The molecule has 1 aliphatic rings. The van der Waals surface area contributed by atoms with Gasteiger partial charge in [0.2, 0.25) is 0 Å². The third kappa shape index (κ3) is 7.78. The van der Waals surface area contributed by atoms with E-state index in [9.17, 15) is 23.1 Å². The van der Waals surface area contributed by atoms with Crippen LogP contribution in [-0.4, -0.2) is 49.7 Å². The first kappa shape index (κ1) is 26.7. The summed E-state index contributed by atoms with van der Waals surface area (Å²) in [6.45, 7) is 4.92. The van der Waals surface area contributed by atoms with Crippen LogP contribution in [0.25, 0.3) is 0 Å². The van der Waals surface area contributed by atoms with Gasteiger partial charge >= 0.3 is 12.1 Å². The average Bonchev–Trinajstić information content (AvgIpc) is 2.83. The minimum absolute atomic E-state index is 0.0397. The van der Waals surface area contributed by atoms with E-state index in [1.54, 1.807) is 12.1 Å². The second-order valence-electron chi connectivity index (χ2n) is 8.66. The minimum Gasteiger partial charge on any atom is -0.484 e. The van der Waals surface area contributed by atoms with Gasteiger partial charge in [0.05, 0.1) is 17.8 Å². The number of nitrogens with zero attached hydrogens (tertiary/aromatic N) is 1. The lowest BCUT2D eigenvalue weighted by atomic mass is 9.92. The molecule has 0 saturated carbocycles. The molecule has 1 fully saturated rings. The van der Waals surface area contributed by atoms with Crippen LogP contribution in [0.5, 0.6) is 5.75 Å². The predicted octanol–water partition coefficient (Wildman–Crippen LogP) is 6.34. The van der Waals surface area contributed by atoms with Gasteiger partial charge in [0.15, 0.2) is 6.61 Å². The Kier molecular flexibility index (Phi) is 9.26. The topological polar surface area (TPSA) is 71.0 Å². The third-order valence-corrected chi connectivity index (χ3v) is 6.22. The molecular weight excluding hydrogens is 461 g/mol. The number of rotatable bonds is 11.